The number of carbonyl (C=O) groups is 2. The first-order valence-electron chi connectivity index (χ1n) is 7.15. The predicted octanol–water partition coefficient (Wildman–Crippen LogP) is 2.29. The zero-order valence-corrected chi connectivity index (χ0v) is 13.3. The van der Waals surface area contributed by atoms with Crippen molar-refractivity contribution in [1.82, 2.24) is 10.3 Å². The van der Waals surface area contributed by atoms with Crippen LogP contribution in [0.4, 0.5) is 5.69 Å². The van der Waals surface area contributed by atoms with Crippen molar-refractivity contribution in [2.75, 3.05) is 12.4 Å². The van der Waals surface area contributed by atoms with Crippen LogP contribution in [0.5, 0.6) is 5.75 Å². The number of amides is 2. The molecule has 0 aliphatic carbocycles. The molecule has 0 aliphatic heterocycles. The summed E-state index contributed by atoms with van der Waals surface area (Å²) in [5.74, 6) is 0.249. The molecule has 23 heavy (non-hydrogen) atoms. The summed E-state index contributed by atoms with van der Waals surface area (Å²) < 4.78 is 5.26. The number of benzene rings is 1. The van der Waals surface area contributed by atoms with Crippen molar-refractivity contribution < 1.29 is 14.3 Å². The molecule has 6 heteroatoms. The number of hydrogen-bond donors (Lipinski definition) is 2. The highest BCUT2D eigenvalue weighted by Crippen LogP contribution is 2.17. The molecule has 0 saturated heterocycles. The molecule has 0 aliphatic rings. The SMILES string of the molecule is COc1ccccc1CNC(=O)c1cc(NC(C)=O)cnc1C. The number of nitrogens with one attached hydrogen (secondary N) is 2. The van der Waals surface area contributed by atoms with E-state index in [2.05, 4.69) is 15.6 Å². The topological polar surface area (TPSA) is 80.3 Å². The van der Waals surface area contributed by atoms with E-state index in [1.807, 2.05) is 24.3 Å². The lowest BCUT2D eigenvalue weighted by Crippen LogP contribution is -2.24. The number of rotatable bonds is 5. The highest BCUT2D eigenvalue weighted by molar-refractivity contribution is 5.97. The summed E-state index contributed by atoms with van der Waals surface area (Å²) in [5, 5.41) is 5.46. The molecule has 0 saturated carbocycles. The van der Waals surface area contributed by atoms with Crippen LogP contribution in [0, 0.1) is 6.92 Å². The lowest BCUT2D eigenvalue weighted by molar-refractivity contribution is -0.114. The Bertz CT molecular complexity index is 729. The summed E-state index contributed by atoms with van der Waals surface area (Å²) in [4.78, 5) is 27.6. The molecule has 0 radical (unpaired) electrons. The molecule has 120 valence electrons. The largest absolute Gasteiger partial charge is 0.496 e. The van der Waals surface area contributed by atoms with Crippen LogP contribution in [0.1, 0.15) is 28.5 Å². The molecule has 0 unspecified atom stereocenters. The van der Waals surface area contributed by atoms with Gasteiger partial charge in [-0.2, -0.15) is 0 Å². The van der Waals surface area contributed by atoms with Gasteiger partial charge in [0, 0.05) is 19.0 Å². The van der Waals surface area contributed by atoms with E-state index in [1.54, 1.807) is 20.1 Å². The molecule has 0 fully saturated rings. The maximum Gasteiger partial charge on any atom is 0.253 e. The van der Waals surface area contributed by atoms with Crippen LogP contribution in [0.15, 0.2) is 36.5 Å². The predicted molar refractivity (Wildman–Crippen MR) is 87.4 cm³/mol. The van der Waals surface area contributed by atoms with Gasteiger partial charge in [0.2, 0.25) is 5.91 Å². The molecule has 2 rings (SSSR count). The van der Waals surface area contributed by atoms with E-state index >= 15 is 0 Å². The molecule has 0 spiro atoms. The van der Waals surface area contributed by atoms with Crippen LogP contribution >= 0.6 is 0 Å². The number of nitrogens with zero attached hydrogens (tertiary/aromatic N) is 1. The van der Waals surface area contributed by atoms with Crippen molar-refractivity contribution in [3.63, 3.8) is 0 Å². The van der Waals surface area contributed by atoms with Crippen LogP contribution in [0.25, 0.3) is 0 Å². The fourth-order valence-electron chi connectivity index (χ4n) is 2.15. The Hall–Kier alpha value is -2.89. The van der Waals surface area contributed by atoms with Gasteiger partial charge in [0.1, 0.15) is 5.75 Å². The van der Waals surface area contributed by atoms with Crippen molar-refractivity contribution in [2.24, 2.45) is 0 Å². The summed E-state index contributed by atoms with van der Waals surface area (Å²) in [6.07, 6.45) is 1.52. The number of methoxy groups -OCH3 is 1. The van der Waals surface area contributed by atoms with Crippen LogP contribution in [0.2, 0.25) is 0 Å². The number of pyridine rings is 1. The highest BCUT2D eigenvalue weighted by atomic mass is 16.5. The van der Waals surface area contributed by atoms with Crippen molar-refractivity contribution in [3.8, 4) is 5.75 Å². The average molecular weight is 313 g/mol. The monoisotopic (exact) mass is 313 g/mol. The summed E-state index contributed by atoms with van der Waals surface area (Å²) in [7, 11) is 1.59. The standard InChI is InChI=1S/C17H19N3O3/c1-11-15(8-14(10-18-11)20-12(2)21)17(22)19-9-13-6-4-5-7-16(13)23-3/h4-8,10H,9H2,1-3H3,(H,19,22)(H,20,21). The van der Waals surface area contributed by atoms with E-state index in [0.29, 0.717) is 23.5 Å². The Balaban J connectivity index is 2.12. The summed E-state index contributed by atoms with van der Waals surface area (Å²) >= 11 is 0. The van der Waals surface area contributed by atoms with Crippen molar-refractivity contribution in [2.45, 2.75) is 20.4 Å². The van der Waals surface area contributed by atoms with Crippen LogP contribution in [-0.4, -0.2) is 23.9 Å². The highest BCUT2D eigenvalue weighted by Gasteiger charge is 2.12. The molecule has 1 aromatic heterocycles. The van der Waals surface area contributed by atoms with Crippen LogP contribution in [-0.2, 0) is 11.3 Å². The van der Waals surface area contributed by atoms with E-state index < -0.39 is 0 Å². The van der Waals surface area contributed by atoms with Crippen molar-refractivity contribution in [3.05, 3.63) is 53.3 Å². The second-order valence-electron chi connectivity index (χ2n) is 5.03. The minimum atomic E-state index is -0.256. The smallest absolute Gasteiger partial charge is 0.253 e. The van der Waals surface area contributed by atoms with Gasteiger partial charge >= 0.3 is 0 Å². The third-order valence-electron chi connectivity index (χ3n) is 3.28. The summed E-state index contributed by atoms with van der Waals surface area (Å²) in [5.41, 5.74) is 2.39. The number of para-hydroxylation sites is 1. The fraction of sp³-hybridized carbons (Fsp3) is 0.235. The Kier molecular flexibility index (Phi) is 5.30. The van der Waals surface area contributed by atoms with E-state index in [4.69, 9.17) is 4.74 Å². The zero-order valence-electron chi connectivity index (χ0n) is 13.3. The number of carbonyl (C=O) groups excluding carboxylic acids is 2. The minimum absolute atomic E-state index is 0.212. The third-order valence-corrected chi connectivity index (χ3v) is 3.28. The van der Waals surface area contributed by atoms with Crippen LogP contribution in [0.3, 0.4) is 0 Å². The quantitative estimate of drug-likeness (QED) is 0.887. The molecule has 0 atom stereocenters. The number of anilines is 1. The Labute approximate surface area is 134 Å². The second kappa shape index (κ2) is 7.40. The summed E-state index contributed by atoms with van der Waals surface area (Å²) in [6.45, 7) is 3.49. The van der Waals surface area contributed by atoms with Gasteiger partial charge in [-0.15, -0.1) is 0 Å². The molecule has 2 aromatic rings. The molecular formula is C17H19N3O3. The molecule has 1 aromatic carbocycles. The molecule has 2 amide bonds. The third kappa shape index (κ3) is 4.29. The summed E-state index contributed by atoms with van der Waals surface area (Å²) in [6, 6.07) is 9.09. The van der Waals surface area contributed by atoms with Gasteiger partial charge in [0.05, 0.1) is 30.3 Å². The first-order valence-corrected chi connectivity index (χ1v) is 7.15. The number of aryl methyl sites for hydroxylation is 1. The first-order chi connectivity index (χ1) is 11.0. The Morgan fingerprint density at radius 1 is 1.26 bits per heavy atom. The van der Waals surface area contributed by atoms with Crippen LogP contribution < -0.4 is 15.4 Å². The number of hydrogen-bond acceptors (Lipinski definition) is 4. The van der Waals surface area contributed by atoms with E-state index in [-0.39, 0.29) is 11.8 Å². The second-order valence-corrected chi connectivity index (χ2v) is 5.03. The van der Waals surface area contributed by atoms with Gasteiger partial charge in [-0.25, -0.2) is 0 Å². The maximum absolute atomic E-state index is 12.4. The van der Waals surface area contributed by atoms with Gasteiger partial charge in [-0.1, -0.05) is 18.2 Å². The van der Waals surface area contributed by atoms with E-state index in [1.165, 1.54) is 13.1 Å². The molecule has 1 heterocycles. The minimum Gasteiger partial charge on any atom is -0.496 e. The number of ether oxygens (including phenoxy) is 1. The normalized spacial score (nSPS) is 10.0. The Morgan fingerprint density at radius 3 is 2.70 bits per heavy atom. The zero-order chi connectivity index (χ0) is 16.8. The van der Waals surface area contributed by atoms with Gasteiger partial charge < -0.3 is 15.4 Å². The molecule has 0 bridgehead atoms. The van der Waals surface area contributed by atoms with Gasteiger partial charge in [0.15, 0.2) is 0 Å². The Morgan fingerprint density at radius 2 is 2.00 bits per heavy atom. The van der Waals surface area contributed by atoms with Crippen molar-refractivity contribution in [1.29, 1.82) is 0 Å². The van der Waals surface area contributed by atoms with E-state index in [9.17, 15) is 9.59 Å². The van der Waals surface area contributed by atoms with Crippen molar-refractivity contribution >= 4 is 17.5 Å². The van der Waals surface area contributed by atoms with Gasteiger partial charge in [-0.05, 0) is 19.1 Å². The lowest BCUT2D eigenvalue weighted by Gasteiger charge is -2.11. The average Bonchev–Trinajstić information content (AvgIpc) is 2.54. The first kappa shape index (κ1) is 16.5. The maximum atomic E-state index is 12.4. The lowest BCUT2D eigenvalue weighted by atomic mass is 10.1. The fourth-order valence-corrected chi connectivity index (χ4v) is 2.15. The van der Waals surface area contributed by atoms with Gasteiger partial charge in [-0.3, -0.25) is 14.6 Å². The molecule has 6 nitrogen and oxygen atoms in total. The molecular weight excluding hydrogens is 294 g/mol. The molecule has 2 N–H and O–H groups in total. The van der Waals surface area contributed by atoms with E-state index in [0.717, 1.165) is 11.3 Å². The number of aromatic nitrogens is 1. The van der Waals surface area contributed by atoms with Gasteiger partial charge in [0.25, 0.3) is 5.91 Å².